The Morgan fingerprint density at radius 2 is 2.11 bits per heavy atom. The molecule has 2 aliphatic heterocycles. The van der Waals surface area contributed by atoms with Crippen LogP contribution in [0.15, 0.2) is 24.4 Å². The molecule has 2 aliphatic rings. The van der Waals surface area contributed by atoms with Crippen LogP contribution in [0.2, 0.25) is 0 Å². The van der Waals surface area contributed by atoms with Crippen LogP contribution in [0.4, 0.5) is 13.2 Å². The van der Waals surface area contributed by atoms with Gasteiger partial charge in [0.25, 0.3) is 11.1 Å². The Labute approximate surface area is 209 Å². The van der Waals surface area contributed by atoms with E-state index in [1.54, 1.807) is 16.8 Å². The van der Waals surface area contributed by atoms with Crippen LogP contribution in [-0.4, -0.2) is 77.0 Å². The molecule has 1 N–H and O–H groups in total. The summed E-state index contributed by atoms with van der Waals surface area (Å²) in [7, 11) is 1.81. The minimum atomic E-state index is -4.38. The molecule has 2 aromatic heterocycles. The smallest absolute Gasteiger partial charge is 0.422 e. The van der Waals surface area contributed by atoms with Gasteiger partial charge in [-0.15, -0.1) is 0 Å². The van der Waals surface area contributed by atoms with Crippen molar-refractivity contribution in [2.75, 3.05) is 32.9 Å². The SMILES string of the molecule is Cn1cc2c(C(=O)N[C@H]3CO[C@H](CCN4CCc5sc(OCC(F)(F)F)nc5C4)OC3)cccc2n1. The zero-order valence-corrected chi connectivity index (χ0v) is 20.4. The first-order chi connectivity index (χ1) is 17.2. The lowest BCUT2D eigenvalue weighted by Crippen LogP contribution is -2.47. The normalized spacial score (nSPS) is 20.9. The van der Waals surface area contributed by atoms with Crippen molar-refractivity contribution in [1.29, 1.82) is 0 Å². The summed E-state index contributed by atoms with van der Waals surface area (Å²) >= 11 is 1.18. The van der Waals surface area contributed by atoms with Crippen LogP contribution in [-0.2, 0) is 29.5 Å². The molecule has 1 fully saturated rings. The number of fused-ring (bicyclic) bond motifs is 2. The number of hydrogen-bond donors (Lipinski definition) is 1. The minimum absolute atomic E-state index is 0.0611. The summed E-state index contributed by atoms with van der Waals surface area (Å²) in [6.07, 6.45) is -1.60. The highest BCUT2D eigenvalue weighted by atomic mass is 32.1. The molecule has 0 spiro atoms. The van der Waals surface area contributed by atoms with Crippen LogP contribution in [0.25, 0.3) is 10.9 Å². The van der Waals surface area contributed by atoms with Gasteiger partial charge in [-0.1, -0.05) is 17.4 Å². The molecule has 4 heterocycles. The molecule has 1 amide bonds. The number of halogens is 3. The molecule has 5 rings (SSSR count). The Morgan fingerprint density at radius 1 is 1.31 bits per heavy atom. The molecule has 13 heteroatoms. The number of carbonyl (C=O) groups is 1. The Kier molecular flexibility index (Phi) is 7.15. The number of nitrogens with zero attached hydrogens (tertiary/aromatic N) is 4. The lowest BCUT2D eigenvalue weighted by molar-refractivity contribution is -0.192. The lowest BCUT2D eigenvalue weighted by atomic mass is 10.1. The van der Waals surface area contributed by atoms with Crippen LogP contribution in [0.1, 0.15) is 27.3 Å². The minimum Gasteiger partial charge on any atom is -0.460 e. The standard InChI is InChI=1S/C23H26F3N5O4S/c1-30-9-16-15(3-2-4-17(16)29-30)21(32)27-14-11-33-20(34-12-14)6-8-31-7-5-19-18(10-31)28-22(36-19)35-13-23(24,25)26/h2-4,9,14,20H,5-8,10-13H2,1H3,(H,27,32)/t14-,20-. The number of aryl methyl sites for hydroxylation is 1. The van der Waals surface area contributed by atoms with Gasteiger partial charge in [0, 0.05) is 49.6 Å². The van der Waals surface area contributed by atoms with E-state index in [9.17, 15) is 18.0 Å². The van der Waals surface area contributed by atoms with Gasteiger partial charge in [-0.05, 0) is 18.6 Å². The van der Waals surface area contributed by atoms with Gasteiger partial charge in [0.1, 0.15) is 0 Å². The summed E-state index contributed by atoms with van der Waals surface area (Å²) in [4.78, 5) is 20.2. The highest BCUT2D eigenvalue weighted by Crippen LogP contribution is 2.31. The van der Waals surface area contributed by atoms with E-state index < -0.39 is 12.8 Å². The van der Waals surface area contributed by atoms with Gasteiger partial charge in [-0.2, -0.15) is 18.3 Å². The maximum absolute atomic E-state index is 12.8. The summed E-state index contributed by atoms with van der Waals surface area (Å²) in [5.41, 5.74) is 2.08. The van der Waals surface area contributed by atoms with Gasteiger partial charge in [-0.3, -0.25) is 14.4 Å². The largest absolute Gasteiger partial charge is 0.460 e. The van der Waals surface area contributed by atoms with Crippen molar-refractivity contribution >= 4 is 28.1 Å². The molecule has 1 saturated heterocycles. The van der Waals surface area contributed by atoms with Crippen molar-refractivity contribution in [3.8, 4) is 5.19 Å². The molecule has 0 radical (unpaired) electrons. The summed E-state index contributed by atoms with van der Waals surface area (Å²) in [6, 6.07) is 5.18. The number of nitrogens with one attached hydrogen (secondary N) is 1. The highest BCUT2D eigenvalue weighted by Gasteiger charge is 2.30. The number of hydrogen-bond acceptors (Lipinski definition) is 8. The first-order valence-electron chi connectivity index (χ1n) is 11.6. The van der Waals surface area contributed by atoms with Gasteiger partial charge < -0.3 is 19.5 Å². The van der Waals surface area contributed by atoms with E-state index in [0.717, 1.165) is 28.0 Å². The molecule has 0 unspecified atom stereocenters. The zero-order chi connectivity index (χ0) is 25.3. The Bertz CT molecular complexity index is 1220. The molecule has 1 aromatic carbocycles. The van der Waals surface area contributed by atoms with Crippen molar-refractivity contribution in [2.45, 2.75) is 37.9 Å². The molecular weight excluding hydrogens is 499 g/mol. The first kappa shape index (κ1) is 24.9. The molecule has 0 atom stereocenters. The van der Waals surface area contributed by atoms with Crippen LogP contribution in [0.5, 0.6) is 5.19 Å². The first-order valence-corrected chi connectivity index (χ1v) is 12.4. The van der Waals surface area contributed by atoms with Gasteiger partial charge in [0.05, 0.1) is 36.0 Å². The average Bonchev–Trinajstić information content (AvgIpc) is 3.43. The van der Waals surface area contributed by atoms with E-state index in [1.807, 2.05) is 19.3 Å². The van der Waals surface area contributed by atoms with Gasteiger partial charge >= 0.3 is 6.18 Å². The molecule has 0 saturated carbocycles. The van der Waals surface area contributed by atoms with Crippen molar-refractivity contribution in [2.24, 2.45) is 7.05 Å². The highest BCUT2D eigenvalue weighted by molar-refractivity contribution is 7.13. The van der Waals surface area contributed by atoms with Crippen molar-refractivity contribution in [1.82, 2.24) is 25.0 Å². The van der Waals surface area contributed by atoms with E-state index in [2.05, 4.69) is 20.3 Å². The maximum Gasteiger partial charge on any atom is 0.422 e. The van der Waals surface area contributed by atoms with Crippen LogP contribution < -0.4 is 10.1 Å². The quantitative estimate of drug-likeness (QED) is 0.507. The predicted molar refractivity (Wildman–Crippen MR) is 125 cm³/mol. The van der Waals surface area contributed by atoms with E-state index >= 15 is 0 Å². The lowest BCUT2D eigenvalue weighted by Gasteiger charge is -2.32. The van der Waals surface area contributed by atoms with Crippen LogP contribution >= 0.6 is 11.3 Å². The number of thiazole rings is 1. The Hall–Kier alpha value is -2.74. The molecule has 36 heavy (non-hydrogen) atoms. The second-order valence-corrected chi connectivity index (χ2v) is 9.92. The summed E-state index contributed by atoms with van der Waals surface area (Å²) < 4.78 is 55.3. The second kappa shape index (κ2) is 10.3. The van der Waals surface area contributed by atoms with E-state index in [4.69, 9.17) is 14.2 Å². The summed E-state index contributed by atoms with van der Waals surface area (Å²) in [5, 5.41) is 8.15. The molecule has 194 valence electrons. The maximum atomic E-state index is 12.8. The third kappa shape index (κ3) is 5.97. The van der Waals surface area contributed by atoms with Crippen LogP contribution in [0, 0.1) is 0 Å². The number of carbonyl (C=O) groups excluding carboxylic acids is 1. The van der Waals surface area contributed by atoms with Crippen LogP contribution in [0.3, 0.4) is 0 Å². The van der Waals surface area contributed by atoms with Crippen molar-refractivity contribution < 1.29 is 32.2 Å². The fourth-order valence-electron chi connectivity index (χ4n) is 4.33. The van der Waals surface area contributed by atoms with E-state index in [-0.39, 0.29) is 23.4 Å². The van der Waals surface area contributed by atoms with Gasteiger partial charge in [0.2, 0.25) is 0 Å². The van der Waals surface area contributed by atoms with E-state index in [0.29, 0.717) is 44.7 Å². The number of alkyl halides is 3. The third-order valence-electron chi connectivity index (χ3n) is 6.04. The fraction of sp³-hybridized carbons (Fsp3) is 0.522. The van der Waals surface area contributed by atoms with Crippen molar-refractivity contribution in [3.05, 3.63) is 40.5 Å². The molecule has 3 aromatic rings. The Morgan fingerprint density at radius 3 is 2.89 bits per heavy atom. The Balaban J connectivity index is 1.06. The molecular formula is C23H26F3N5O4S. The number of rotatable bonds is 7. The molecule has 0 aliphatic carbocycles. The summed E-state index contributed by atoms with van der Waals surface area (Å²) in [5.74, 6) is -0.199. The van der Waals surface area contributed by atoms with Gasteiger partial charge in [-0.25, -0.2) is 4.98 Å². The van der Waals surface area contributed by atoms with E-state index in [1.165, 1.54) is 11.3 Å². The fourth-order valence-corrected chi connectivity index (χ4v) is 5.23. The van der Waals surface area contributed by atoms with Crippen molar-refractivity contribution in [3.63, 3.8) is 0 Å². The predicted octanol–water partition coefficient (Wildman–Crippen LogP) is 2.89. The topological polar surface area (TPSA) is 90.7 Å². The monoisotopic (exact) mass is 525 g/mol. The number of aromatic nitrogens is 3. The second-order valence-electron chi connectivity index (χ2n) is 8.88. The number of ether oxygens (including phenoxy) is 3. The summed E-state index contributed by atoms with van der Waals surface area (Å²) in [6.45, 7) is 1.37. The number of benzene rings is 1. The van der Waals surface area contributed by atoms with Gasteiger partial charge in [0.15, 0.2) is 12.9 Å². The molecule has 0 bridgehead atoms. The average molecular weight is 526 g/mol. The zero-order valence-electron chi connectivity index (χ0n) is 19.6. The molecule has 9 nitrogen and oxygen atoms in total. The number of amides is 1. The third-order valence-corrected chi connectivity index (χ3v) is 7.11.